The fourth-order valence-electron chi connectivity index (χ4n) is 2.45. The Labute approximate surface area is 140 Å². The monoisotopic (exact) mass is 366 g/mol. The summed E-state index contributed by atoms with van der Waals surface area (Å²) < 4.78 is 81.6. The molecule has 1 heterocycles. The molecule has 0 bridgehead atoms. The van der Waals surface area contributed by atoms with Crippen LogP contribution in [0.25, 0.3) is 5.57 Å². The number of alkyl halides is 3. The predicted octanol–water partition coefficient (Wildman–Crippen LogP) is 3.99. The number of carbonyl (C=O) groups excluding carboxylic acids is 1. The van der Waals surface area contributed by atoms with Crippen LogP contribution in [-0.2, 0) is 14.3 Å². The van der Waals surface area contributed by atoms with Crippen LogP contribution in [0, 0.1) is 11.6 Å². The molecule has 0 radical (unpaired) electrons. The van der Waals surface area contributed by atoms with Gasteiger partial charge in [-0.1, -0.05) is 0 Å². The maximum Gasteiger partial charge on any atom is 0.428 e. The maximum atomic E-state index is 13.9. The number of halogens is 5. The lowest BCUT2D eigenvalue weighted by atomic mass is 9.92. The molecule has 0 saturated carbocycles. The standard InChI is InChI=1S/C16H15F5O4/c1-4-24-14(22)13-9(7-15(2,25-13)16(19,20)21)8-5-6-10(17)11(18)12(8)23-3/h5-6H,4,7H2,1-3H3/t15-/m1/s1. The van der Waals surface area contributed by atoms with Crippen molar-refractivity contribution < 1.29 is 41.0 Å². The Kier molecular flexibility index (Phi) is 4.97. The summed E-state index contributed by atoms with van der Waals surface area (Å²) in [5.74, 6) is -5.07. The van der Waals surface area contributed by atoms with E-state index in [4.69, 9.17) is 14.2 Å². The van der Waals surface area contributed by atoms with Crippen LogP contribution >= 0.6 is 0 Å². The van der Waals surface area contributed by atoms with E-state index in [0.29, 0.717) is 0 Å². The predicted molar refractivity (Wildman–Crippen MR) is 76.6 cm³/mol. The first kappa shape index (κ1) is 19.0. The first-order valence-corrected chi connectivity index (χ1v) is 7.24. The van der Waals surface area contributed by atoms with Gasteiger partial charge in [-0.25, -0.2) is 9.18 Å². The number of hydrogen-bond acceptors (Lipinski definition) is 4. The van der Waals surface area contributed by atoms with E-state index in [1.54, 1.807) is 0 Å². The molecular weight excluding hydrogens is 351 g/mol. The summed E-state index contributed by atoms with van der Waals surface area (Å²) >= 11 is 0. The minimum atomic E-state index is -4.81. The third-order valence-corrected chi connectivity index (χ3v) is 3.76. The van der Waals surface area contributed by atoms with Crippen molar-refractivity contribution in [3.8, 4) is 5.75 Å². The number of methoxy groups -OCH3 is 1. The molecular formula is C16H15F5O4. The van der Waals surface area contributed by atoms with Crippen molar-refractivity contribution in [2.75, 3.05) is 13.7 Å². The zero-order chi connectivity index (χ0) is 19.0. The van der Waals surface area contributed by atoms with Gasteiger partial charge in [-0.2, -0.15) is 17.6 Å². The highest BCUT2D eigenvalue weighted by Crippen LogP contribution is 2.50. The number of benzene rings is 1. The molecule has 0 spiro atoms. The van der Waals surface area contributed by atoms with Crippen LogP contribution in [0.4, 0.5) is 22.0 Å². The molecule has 0 fully saturated rings. The third kappa shape index (κ3) is 3.27. The Morgan fingerprint density at radius 2 is 1.96 bits per heavy atom. The zero-order valence-electron chi connectivity index (χ0n) is 13.6. The van der Waals surface area contributed by atoms with Gasteiger partial charge in [0.25, 0.3) is 0 Å². The molecule has 138 valence electrons. The number of esters is 1. The lowest BCUT2D eigenvalue weighted by molar-refractivity contribution is -0.251. The summed E-state index contributed by atoms with van der Waals surface area (Å²) in [5.41, 5.74) is -3.19. The largest absolute Gasteiger partial charge is 0.493 e. The van der Waals surface area contributed by atoms with E-state index in [1.807, 2.05) is 0 Å². The lowest BCUT2D eigenvalue weighted by Crippen LogP contribution is -2.42. The topological polar surface area (TPSA) is 44.8 Å². The van der Waals surface area contributed by atoms with Crippen LogP contribution < -0.4 is 4.74 Å². The van der Waals surface area contributed by atoms with E-state index < -0.39 is 47.3 Å². The summed E-state index contributed by atoms with van der Waals surface area (Å²) in [6.07, 6.45) is -5.59. The Bertz CT molecular complexity index is 726. The van der Waals surface area contributed by atoms with Crippen molar-refractivity contribution in [2.45, 2.75) is 32.0 Å². The Balaban J connectivity index is 2.63. The molecule has 1 aliphatic heterocycles. The van der Waals surface area contributed by atoms with E-state index in [0.717, 1.165) is 26.2 Å². The molecule has 0 N–H and O–H groups in total. The summed E-state index contributed by atoms with van der Waals surface area (Å²) in [4.78, 5) is 12.0. The quantitative estimate of drug-likeness (QED) is 0.597. The van der Waals surface area contributed by atoms with Gasteiger partial charge in [-0.15, -0.1) is 0 Å². The average Bonchev–Trinajstić information content (AvgIpc) is 2.89. The Hall–Kier alpha value is -2.32. The number of carbonyl (C=O) groups is 1. The molecule has 0 aliphatic carbocycles. The fraction of sp³-hybridized carbons (Fsp3) is 0.438. The Morgan fingerprint density at radius 1 is 1.32 bits per heavy atom. The summed E-state index contributed by atoms with van der Waals surface area (Å²) in [6, 6.07) is 1.75. The van der Waals surface area contributed by atoms with Gasteiger partial charge in [-0.3, -0.25) is 0 Å². The van der Waals surface area contributed by atoms with Crippen LogP contribution in [0.3, 0.4) is 0 Å². The second-order valence-corrected chi connectivity index (χ2v) is 5.48. The number of hydrogen-bond donors (Lipinski definition) is 0. The minimum absolute atomic E-state index is 0.101. The summed E-state index contributed by atoms with van der Waals surface area (Å²) in [7, 11) is 1.03. The van der Waals surface area contributed by atoms with E-state index in [1.165, 1.54) is 6.92 Å². The normalized spacial score (nSPS) is 20.5. The first-order valence-electron chi connectivity index (χ1n) is 7.24. The average molecular weight is 366 g/mol. The molecule has 1 aromatic rings. The molecule has 1 aromatic carbocycles. The summed E-state index contributed by atoms with van der Waals surface area (Å²) in [5, 5.41) is 0. The molecule has 1 atom stereocenters. The molecule has 9 heteroatoms. The van der Waals surface area contributed by atoms with Crippen LogP contribution in [0.15, 0.2) is 17.9 Å². The van der Waals surface area contributed by atoms with Gasteiger partial charge >= 0.3 is 12.1 Å². The van der Waals surface area contributed by atoms with Gasteiger partial charge in [0, 0.05) is 17.6 Å². The minimum Gasteiger partial charge on any atom is -0.493 e. The third-order valence-electron chi connectivity index (χ3n) is 3.76. The molecule has 0 saturated heterocycles. The second kappa shape index (κ2) is 6.53. The smallest absolute Gasteiger partial charge is 0.428 e. The second-order valence-electron chi connectivity index (χ2n) is 5.48. The van der Waals surface area contributed by atoms with Gasteiger partial charge in [0.1, 0.15) is 0 Å². The Morgan fingerprint density at radius 3 is 2.48 bits per heavy atom. The molecule has 25 heavy (non-hydrogen) atoms. The maximum absolute atomic E-state index is 13.9. The van der Waals surface area contributed by atoms with Crippen LogP contribution in [0.1, 0.15) is 25.8 Å². The SMILES string of the molecule is CCOC(=O)C1=C(c2ccc(F)c(F)c2OC)C[C@](C)(C(F)(F)F)O1. The highest BCUT2D eigenvalue weighted by molar-refractivity contribution is 5.97. The van der Waals surface area contributed by atoms with Crippen LogP contribution in [0.2, 0.25) is 0 Å². The summed E-state index contributed by atoms with van der Waals surface area (Å²) in [6.45, 7) is 2.12. The van der Waals surface area contributed by atoms with Crippen molar-refractivity contribution >= 4 is 11.5 Å². The van der Waals surface area contributed by atoms with Gasteiger partial charge in [0.2, 0.25) is 17.2 Å². The highest BCUT2D eigenvalue weighted by Gasteiger charge is 2.59. The van der Waals surface area contributed by atoms with Crippen molar-refractivity contribution in [1.82, 2.24) is 0 Å². The van der Waals surface area contributed by atoms with Crippen molar-refractivity contribution in [1.29, 1.82) is 0 Å². The lowest BCUT2D eigenvalue weighted by Gasteiger charge is -2.27. The van der Waals surface area contributed by atoms with E-state index in [9.17, 15) is 26.7 Å². The van der Waals surface area contributed by atoms with Gasteiger partial charge in [0.05, 0.1) is 13.7 Å². The van der Waals surface area contributed by atoms with E-state index >= 15 is 0 Å². The highest BCUT2D eigenvalue weighted by atomic mass is 19.4. The number of rotatable bonds is 4. The van der Waals surface area contributed by atoms with Crippen molar-refractivity contribution in [2.24, 2.45) is 0 Å². The van der Waals surface area contributed by atoms with E-state index in [2.05, 4.69) is 0 Å². The molecule has 2 rings (SSSR count). The molecule has 0 amide bonds. The molecule has 0 unspecified atom stereocenters. The van der Waals surface area contributed by atoms with Crippen LogP contribution in [0.5, 0.6) is 5.75 Å². The van der Waals surface area contributed by atoms with E-state index in [-0.39, 0.29) is 17.7 Å². The molecule has 4 nitrogen and oxygen atoms in total. The fourth-order valence-corrected chi connectivity index (χ4v) is 2.45. The van der Waals surface area contributed by atoms with Gasteiger partial charge in [-0.05, 0) is 26.0 Å². The number of ether oxygens (including phenoxy) is 3. The molecule has 0 aromatic heterocycles. The van der Waals surface area contributed by atoms with Crippen molar-refractivity contribution in [3.63, 3.8) is 0 Å². The van der Waals surface area contributed by atoms with Gasteiger partial charge in [0.15, 0.2) is 11.6 Å². The van der Waals surface area contributed by atoms with Crippen molar-refractivity contribution in [3.05, 3.63) is 35.1 Å². The zero-order valence-corrected chi connectivity index (χ0v) is 13.6. The molecule has 1 aliphatic rings. The first-order chi connectivity index (χ1) is 11.6. The van der Waals surface area contributed by atoms with Crippen LogP contribution in [-0.4, -0.2) is 31.5 Å². The van der Waals surface area contributed by atoms with Gasteiger partial charge < -0.3 is 14.2 Å².